The van der Waals surface area contributed by atoms with Crippen LogP contribution in [0, 0.1) is 5.92 Å². The number of amides is 1. The van der Waals surface area contributed by atoms with Crippen LogP contribution in [-0.2, 0) is 4.79 Å². The summed E-state index contributed by atoms with van der Waals surface area (Å²) in [4.78, 5) is 14.7. The maximum Gasteiger partial charge on any atom is 0.224 e. The fourth-order valence-corrected chi connectivity index (χ4v) is 3.37. The second-order valence-corrected chi connectivity index (χ2v) is 6.63. The van der Waals surface area contributed by atoms with Crippen LogP contribution in [0.25, 0.3) is 0 Å². The Hall–Kier alpha value is -1.55. The summed E-state index contributed by atoms with van der Waals surface area (Å²) in [5.74, 6) is 1.43. The van der Waals surface area contributed by atoms with Crippen LogP contribution in [0.5, 0.6) is 5.75 Å². The van der Waals surface area contributed by atoms with Gasteiger partial charge < -0.3 is 15.0 Å². The SMILES string of the molecule is CCN(CC)CCOc1ccccc1NC(=O)CC1CCCCC1. The van der Waals surface area contributed by atoms with Crippen molar-refractivity contribution in [3.63, 3.8) is 0 Å². The summed E-state index contributed by atoms with van der Waals surface area (Å²) in [5, 5.41) is 3.05. The highest BCUT2D eigenvalue weighted by molar-refractivity contribution is 5.92. The summed E-state index contributed by atoms with van der Waals surface area (Å²) < 4.78 is 5.91. The first-order valence-corrected chi connectivity index (χ1v) is 9.47. The molecule has 0 bridgehead atoms. The lowest BCUT2D eigenvalue weighted by molar-refractivity contribution is -0.117. The molecule has 0 heterocycles. The number of carbonyl (C=O) groups excluding carboxylic acids is 1. The van der Waals surface area contributed by atoms with Gasteiger partial charge in [-0.3, -0.25) is 4.79 Å². The summed E-state index contributed by atoms with van der Waals surface area (Å²) >= 11 is 0. The minimum atomic E-state index is 0.113. The van der Waals surface area contributed by atoms with E-state index in [0.717, 1.165) is 31.1 Å². The molecular formula is C20H32N2O2. The quantitative estimate of drug-likeness (QED) is 0.732. The zero-order valence-electron chi connectivity index (χ0n) is 15.2. The molecule has 1 amide bonds. The predicted molar refractivity (Wildman–Crippen MR) is 99.5 cm³/mol. The van der Waals surface area contributed by atoms with Crippen LogP contribution in [0.1, 0.15) is 52.4 Å². The van der Waals surface area contributed by atoms with Crippen molar-refractivity contribution in [2.24, 2.45) is 5.92 Å². The van der Waals surface area contributed by atoms with E-state index < -0.39 is 0 Å². The fourth-order valence-electron chi connectivity index (χ4n) is 3.37. The highest BCUT2D eigenvalue weighted by Gasteiger charge is 2.17. The van der Waals surface area contributed by atoms with Crippen molar-refractivity contribution in [3.8, 4) is 5.75 Å². The third-order valence-corrected chi connectivity index (χ3v) is 4.92. The Kier molecular flexibility index (Phi) is 8.10. The van der Waals surface area contributed by atoms with Gasteiger partial charge in [0, 0.05) is 13.0 Å². The lowest BCUT2D eigenvalue weighted by atomic mass is 9.87. The van der Waals surface area contributed by atoms with Crippen molar-refractivity contribution in [1.29, 1.82) is 0 Å². The van der Waals surface area contributed by atoms with Crippen LogP contribution in [0.15, 0.2) is 24.3 Å². The normalized spacial score (nSPS) is 15.5. The first-order chi connectivity index (χ1) is 11.7. The number of anilines is 1. The van der Waals surface area contributed by atoms with E-state index in [1.807, 2.05) is 24.3 Å². The smallest absolute Gasteiger partial charge is 0.224 e. The zero-order chi connectivity index (χ0) is 17.2. The third kappa shape index (κ3) is 6.16. The van der Waals surface area contributed by atoms with Crippen LogP contribution in [0.4, 0.5) is 5.69 Å². The molecule has 24 heavy (non-hydrogen) atoms. The van der Waals surface area contributed by atoms with Crippen LogP contribution in [-0.4, -0.2) is 37.0 Å². The van der Waals surface area contributed by atoms with Gasteiger partial charge in [-0.2, -0.15) is 0 Å². The summed E-state index contributed by atoms with van der Waals surface area (Å²) in [7, 11) is 0. The first-order valence-electron chi connectivity index (χ1n) is 9.47. The van der Waals surface area contributed by atoms with Crippen molar-refractivity contribution < 1.29 is 9.53 Å². The minimum Gasteiger partial charge on any atom is -0.490 e. The monoisotopic (exact) mass is 332 g/mol. The van der Waals surface area contributed by atoms with Gasteiger partial charge in [0.2, 0.25) is 5.91 Å². The van der Waals surface area contributed by atoms with Gasteiger partial charge >= 0.3 is 0 Å². The average molecular weight is 332 g/mol. The Balaban J connectivity index is 1.84. The number of likely N-dealkylation sites (N-methyl/N-ethyl adjacent to an activating group) is 1. The third-order valence-electron chi connectivity index (χ3n) is 4.92. The van der Waals surface area contributed by atoms with Gasteiger partial charge in [0.25, 0.3) is 0 Å². The molecule has 0 saturated heterocycles. The number of hydrogen-bond donors (Lipinski definition) is 1. The highest BCUT2D eigenvalue weighted by atomic mass is 16.5. The standard InChI is InChI=1S/C20H32N2O2/c1-3-22(4-2)14-15-24-19-13-9-8-12-18(19)21-20(23)16-17-10-6-5-7-11-17/h8-9,12-13,17H,3-7,10-11,14-16H2,1-2H3,(H,21,23). The van der Waals surface area contributed by atoms with Crippen molar-refractivity contribution in [2.45, 2.75) is 52.4 Å². The van der Waals surface area contributed by atoms with E-state index in [-0.39, 0.29) is 5.91 Å². The summed E-state index contributed by atoms with van der Waals surface area (Å²) in [5.41, 5.74) is 0.790. The first kappa shape index (κ1) is 18.8. The van der Waals surface area contributed by atoms with E-state index >= 15 is 0 Å². The van der Waals surface area contributed by atoms with Gasteiger partial charge in [-0.15, -0.1) is 0 Å². The van der Waals surface area contributed by atoms with Crippen LogP contribution >= 0.6 is 0 Å². The Labute approximate surface area is 146 Å². The van der Waals surface area contributed by atoms with Crippen LogP contribution in [0.2, 0.25) is 0 Å². The molecule has 1 saturated carbocycles. The number of hydrogen-bond acceptors (Lipinski definition) is 3. The van der Waals surface area contributed by atoms with E-state index in [0.29, 0.717) is 18.9 Å². The number of nitrogens with zero attached hydrogens (tertiary/aromatic N) is 1. The van der Waals surface area contributed by atoms with E-state index in [9.17, 15) is 4.79 Å². The molecule has 0 aromatic heterocycles. The van der Waals surface area contributed by atoms with Gasteiger partial charge in [-0.05, 0) is 44.0 Å². The van der Waals surface area contributed by atoms with Crippen molar-refractivity contribution in [3.05, 3.63) is 24.3 Å². The molecule has 0 spiro atoms. The van der Waals surface area contributed by atoms with Gasteiger partial charge in [0.1, 0.15) is 12.4 Å². The van der Waals surface area contributed by atoms with Gasteiger partial charge in [0.15, 0.2) is 0 Å². The Bertz CT molecular complexity index is 494. The summed E-state index contributed by atoms with van der Waals surface area (Å²) in [6.07, 6.45) is 6.87. The summed E-state index contributed by atoms with van der Waals surface area (Å²) in [6.45, 7) is 7.90. The van der Waals surface area contributed by atoms with Gasteiger partial charge in [-0.25, -0.2) is 0 Å². The molecule has 1 aromatic carbocycles. The lowest BCUT2D eigenvalue weighted by Crippen LogP contribution is -2.28. The topological polar surface area (TPSA) is 41.6 Å². The largest absolute Gasteiger partial charge is 0.490 e. The van der Waals surface area contributed by atoms with E-state index in [1.54, 1.807) is 0 Å². The number of ether oxygens (including phenoxy) is 1. The molecule has 0 aliphatic heterocycles. The molecule has 1 fully saturated rings. The molecular weight excluding hydrogens is 300 g/mol. The molecule has 4 nitrogen and oxygen atoms in total. The van der Waals surface area contributed by atoms with Crippen molar-refractivity contribution >= 4 is 11.6 Å². The fraction of sp³-hybridized carbons (Fsp3) is 0.650. The minimum absolute atomic E-state index is 0.113. The molecule has 4 heteroatoms. The van der Waals surface area contributed by atoms with Crippen molar-refractivity contribution in [2.75, 3.05) is 31.6 Å². The Morgan fingerprint density at radius 2 is 1.88 bits per heavy atom. The van der Waals surface area contributed by atoms with E-state index in [2.05, 4.69) is 24.1 Å². The van der Waals surface area contributed by atoms with Crippen molar-refractivity contribution in [1.82, 2.24) is 4.90 Å². The molecule has 2 rings (SSSR count). The average Bonchev–Trinajstić information content (AvgIpc) is 2.61. The van der Waals surface area contributed by atoms with Gasteiger partial charge in [-0.1, -0.05) is 45.2 Å². The zero-order valence-corrected chi connectivity index (χ0v) is 15.2. The van der Waals surface area contributed by atoms with Crippen LogP contribution < -0.4 is 10.1 Å². The highest BCUT2D eigenvalue weighted by Crippen LogP contribution is 2.28. The maximum absolute atomic E-state index is 12.3. The second kappa shape index (κ2) is 10.3. The molecule has 1 aliphatic carbocycles. The maximum atomic E-state index is 12.3. The molecule has 1 N–H and O–H groups in total. The molecule has 1 aromatic rings. The Morgan fingerprint density at radius 1 is 1.17 bits per heavy atom. The van der Waals surface area contributed by atoms with E-state index in [1.165, 1.54) is 32.1 Å². The second-order valence-electron chi connectivity index (χ2n) is 6.63. The lowest BCUT2D eigenvalue weighted by Gasteiger charge is -2.21. The molecule has 0 radical (unpaired) electrons. The number of rotatable bonds is 9. The number of para-hydroxylation sites is 2. The number of benzene rings is 1. The molecule has 1 aliphatic rings. The van der Waals surface area contributed by atoms with E-state index in [4.69, 9.17) is 4.74 Å². The summed E-state index contributed by atoms with van der Waals surface area (Å²) in [6, 6.07) is 7.74. The molecule has 0 unspecified atom stereocenters. The Morgan fingerprint density at radius 3 is 2.58 bits per heavy atom. The number of nitrogens with one attached hydrogen (secondary N) is 1. The predicted octanol–water partition coefficient (Wildman–Crippen LogP) is 4.32. The van der Waals surface area contributed by atoms with Crippen LogP contribution in [0.3, 0.4) is 0 Å². The number of carbonyl (C=O) groups is 1. The van der Waals surface area contributed by atoms with Gasteiger partial charge in [0.05, 0.1) is 5.69 Å². The molecule has 134 valence electrons. The molecule has 0 atom stereocenters.